The molecule has 0 atom stereocenters. The Labute approximate surface area is 177 Å². The van der Waals surface area contributed by atoms with Gasteiger partial charge in [-0.15, -0.1) is 5.10 Å². The number of carbonyl (C=O) groups is 1. The van der Waals surface area contributed by atoms with Crippen molar-refractivity contribution in [2.75, 3.05) is 5.32 Å². The second-order valence-corrected chi connectivity index (χ2v) is 7.07. The van der Waals surface area contributed by atoms with E-state index in [1.54, 1.807) is 18.2 Å². The highest BCUT2D eigenvalue weighted by Gasteiger charge is 2.12. The lowest BCUT2D eigenvalue weighted by Gasteiger charge is -2.06. The lowest BCUT2D eigenvalue weighted by atomic mass is 10.1. The molecule has 6 nitrogen and oxygen atoms in total. The van der Waals surface area contributed by atoms with Crippen molar-refractivity contribution >= 4 is 47.0 Å². The third-order valence-electron chi connectivity index (χ3n) is 3.83. The minimum Gasteiger partial charge on any atom is -0.482 e. The number of rotatable bonds is 7. The van der Waals surface area contributed by atoms with Crippen LogP contribution < -0.4 is 10.1 Å². The fourth-order valence-corrected chi connectivity index (χ4v) is 3.06. The van der Waals surface area contributed by atoms with Crippen LogP contribution in [0.4, 0.5) is 5.69 Å². The lowest BCUT2D eigenvalue weighted by Crippen LogP contribution is -2.19. The van der Waals surface area contributed by atoms with E-state index >= 15 is 0 Å². The van der Waals surface area contributed by atoms with Crippen molar-refractivity contribution in [1.29, 1.82) is 0 Å². The average Bonchev–Trinajstić information content (AvgIpc) is 3.01. The van der Waals surface area contributed by atoms with Crippen LogP contribution in [0.5, 0.6) is 5.75 Å². The van der Waals surface area contributed by atoms with E-state index in [1.165, 1.54) is 10.2 Å². The number of amides is 1. The van der Waals surface area contributed by atoms with Crippen molar-refractivity contribution in [3.63, 3.8) is 0 Å². The van der Waals surface area contributed by atoms with Gasteiger partial charge in [0, 0.05) is 10.7 Å². The van der Waals surface area contributed by atoms with Crippen molar-refractivity contribution in [2.24, 2.45) is 0 Å². The molecular formula is C19H17Cl2N3O3S. The quantitative estimate of drug-likeness (QED) is 0.508. The first-order chi connectivity index (χ1) is 13.4. The second kappa shape index (κ2) is 9.23. The first-order valence-corrected chi connectivity index (χ1v) is 9.64. The van der Waals surface area contributed by atoms with E-state index in [0.717, 1.165) is 6.42 Å². The SMILES string of the molecule is CCc1ccc(NC(=O)Cn2nc(COc3ccc(Cl)cc3Cl)oc2=S)cc1. The van der Waals surface area contributed by atoms with Crippen LogP contribution in [0.15, 0.2) is 46.9 Å². The monoisotopic (exact) mass is 437 g/mol. The van der Waals surface area contributed by atoms with Gasteiger partial charge in [-0.05, 0) is 54.5 Å². The van der Waals surface area contributed by atoms with Crippen LogP contribution in [0.3, 0.4) is 0 Å². The van der Waals surface area contributed by atoms with E-state index in [0.29, 0.717) is 21.5 Å². The molecule has 0 fully saturated rings. The molecule has 3 rings (SSSR count). The summed E-state index contributed by atoms with van der Waals surface area (Å²) in [5, 5.41) is 7.85. The highest BCUT2D eigenvalue weighted by atomic mass is 35.5. The van der Waals surface area contributed by atoms with Crippen LogP contribution in [0.2, 0.25) is 10.0 Å². The summed E-state index contributed by atoms with van der Waals surface area (Å²) in [6.07, 6.45) is 0.939. The minimum atomic E-state index is -0.262. The summed E-state index contributed by atoms with van der Waals surface area (Å²) in [5.74, 6) is 0.410. The second-order valence-electron chi connectivity index (χ2n) is 5.88. The molecule has 0 bridgehead atoms. The number of nitrogens with one attached hydrogen (secondary N) is 1. The highest BCUT2D eigenvalue weighted by Crippen LogP contribution is 2.28. The van der Waals surface area contributed by atoms with E-state index < -0.39 is 0 Å². The largest absolute Gasteiger partial charge is 0.482 e. The minimum absolute atomic E-state index is 0.0120. The third-order valence-corrected chi connectivity index (χ3v) is 4.66. The van der Waals surface area contributed by atoms with Crippen molar-refractivity contribution < 1.29 is 13.9 Å². The molecule has 0 aliphatic heterocycles. The van der Waals surface area contributed by atoms with E-state index in [-0.39, 0.29) is 29.8 Å². The van der Waals surface area contributed by atoms with Crippen LogP contribution in [-0.4, -0.2) is 15.7 Å². The summed E-state index contributed by atoms with van der Waals surface area (Å²) in [7, 11) is 0. The number of hydrogen-bond donors (Lipinski definition) is 1. The molecule has 1 aromatic heterocycles. The zero-order valence-electron chi connectivity index (χ0n) is 14.9. The van der Waals surface area contributed by atoms with Gasteiger partial charge in [0.1, 0.15) is 12.3 Å². The predicted molar refractivity (Wildman–Crippen MR) is 111 cm³/mol. The number of halogens is 2. The predicted octanol–water partition coefficient (Wildman–Crippen LogP) is 5.29. The van der Waals surface area contributed by atoms with Gasteiger partial charge in [0.2, 0.25) is 5.91 Å². The zero-order chi connectivity index (χ0) is 20.1. The van der Waals surface area contributed by atoms with E-state index in [9.17, 15) is 4.79 Å². The maximum absolute atomic E-state index is 12.2. The molecule has 0 saturated heterocycles. The fraction of sp³-hybridized carbons (Fsp3) is 0.211. The molecule has 0 aliphatic carbocycles. The standard InChI is InChI=1S/C19H17Cl2N3O3S/c1-2-12-3-6-14(7-4-12)22-17(25)10-24-19(28)27-18(23-24)11-26-16-8-5-13(20)9-15(16)21/h3-9H,2,10-11H2,1H3,(H,22,25). The molecule has 28 heavy (non-hydrogen) atoms. The fourth-order valence-electron chi connectivity index (χ4n) is 2.40. The number of hydrogen-bond acceptors (Lipinski definition) is 5. The van der Waals surface area contributed by atoms with Gasteiger partial charge < -0.3 is 14.5 Å². The molecule has 0 radical (unpaired) electrons. The number of carbonyl (C=O) groups excluding carboxylic acids is 1. The average molecular weight is 438 g/mol. The van der Waals surface area contributed by atoms with Crippen LogP contribution >= 0.6 is 35.4 Å². The number of nitrogens with zero attached hydrogens (tertiary/aromatic N) is 2. The molecule has 146 valence electrons. The van der Waals surface area contributed by atoms with E-state index in [2.05, 4.69) is 17.3 Å². The van der Waals surface area contributed by atoms with Crippen LogP contribution in [0.25, 0.3) is 0 Å². The number of anilines is 1. The maximum Gasteiger partial charge on any atom is 0.287 e. The van der Waals surface area contributed by atoms with Gasteiger partial charge in [0.15, 0.2) is 6.61 Å². The molecule has 2 aromatic carbocycles. The molecule has 9 heteroatoms. The Morgan fingerprint density at radius 2 is 2.00 bits per heavy atom. The van der Waals surface area contributed by atoms with Crippen molar-refractivity contribution in [1.82, 2.24) is 9.78 Å². The van der Waals surface area contributed by atoms with Crippen LogP contribution in [-0.2, 0) is 24.4 Å². The van der Waals surface area contributed by atoms with E-state index in [1.807, 2.05) is 24.3 Å². The summed E-state index contributed by atoms with van der Waals surface area (Å²) in [5.41, 5.74) is 1.90. The Balaban J connectivity index is 1.59. The molecule has 0 unspecified atom stereocenters. The maximum atomic E-state index is 12.2. The third kappa shape index (κ3) is 5.34. The first kappa shape index (κ1) is 20.4. The van der Waals surface area contributed by atoms with Gasteiger partial charge in [-0.1, -0.05) is 42.3 Å². The molecule has 1 N–H and O–H groups in total. The lowest BCUT2D eigenvalue weighted by molar-refractivity contribution is -0.117. The number of aryl methyl sites for hydroxylation is 1. The van der Waals surface area contributed by atoms with Gasteiger partial charge >= 0.3 is 0 Å². The summed E-state index contributed by atoms with van der Waals surface area (Å²) in [6.45, 7) is 2.01. The highest BCUT2D eigenvalue weighted by molar-refractivity contribution is 7.71. The summed E-state index contributed by atoms with van der Waals surface area (Å²) < 4.78 is 12.2. The Morgan fingerprint density at radius 3 is 2.68 bits per heavy atom. The number of ether oxygens (including phenoxy) is 1. The van der Waals surface area contributed by atoms with Crippen molar-refractivity contribution in [2.45, 2.75) is 26.5 Å². The molecule has 0 spiro atoms. The number of benzene rings is 2. The first-order valence-electron chi connectivity index (χ1n) is 8.48. The Hall–Kier alpha value is -2.35. The molecule has 1 heterocycles. The van der Waals surface area contributed by atoms with Gasteiger partial charge in [-0.3, -0.25) is 4.79 Å². The Bertz CT molecular complexity index is 1030. The molecule has 0 aliphatic rings. The molecular weight excluding hydrogens is 421 g/mol. The van der Waals surface area contributed by atoms with Crippen LogP contribution in [0, 0.1) is 4.84 Å². The molecule has 3 aromatic rings. The topological polar surface area (TPSA) is 69.3 Å². The normalized spacial score (nSPS) is 10.7. The molecule has 0 saturated carbocycles. The Kier molecular flexibility index (Phi) is 6.72. The van der Waals surface area contributed by atoms with Gasteiger partial charge in [-0.2, -0.15) is 0 Å². The van der Waals surface area contributed by atoms with Crippen molar-refractivity contribution in [3.8, 4) is 5.75 Å². The van der Waals surface area contributed by atoms with Gasteiger partial charge in [0.05, 0.1) is 5.02 Å². The van der Waals surface area contributed by atoms with Crippen LogP contribution in [0.1, 0.15) is 18.4 Å². The van der Waals surface area contributed by atoms with Gasteiger partial charge in [0.25, 0.3) is 10.7 Å². The number of aromatic nitrogens is 2. The Morgan fingerprint density at radius 1 is 1.25 bits per heavy atom. The summed E-state index contributed by atoms with van der Waals surface area (Å²) >= 11 is 17.0. The zero-order valence-corrected chi connectivity index (χ0v) is 17.3. The summed E-state index contributed by atoms with van der Waals surface area (Å²) in [6, 6.07) is 12.5. The van der Waals surface area contributed by atoms with E-state index in [4.69, 9.17) is 44.6 Å². The smallest absolute Gasteiger partial charge is 0.287 e. The van der Waals surface area contributed by atoms with Crippen molar-refractivity contribution in [3.05, 3.63) is 68.8 Å². The summed E-state index contributed by atoms with van der Waals surface area (Å²) in [4.78, 5) is 12.3. The molecule has 1 amide bonds. The van der Waals surface area contributed by atoms with Gasteiger partial charge in [-0.25, -0.2) is 4.68 Å².